The molecular formula is C19H23F3N4O. The second-order valence-corrected chi connectivity index (χ2v) is 6.94. The van der Waals surface area contributed by atoms with Gasteiger partial charge in [0.25, 0.3) is 0 Å². The summed E-state index contributed by atoms with van der Waals surface area (Å²) in [7, 11) is 0. The first kappa shape index (κ1) is 19.4. The van der Waals surface area contributed by atoms with Crippen LogP contribution in [0.25, 0.3) is 5.69 Å². The van der Waals surface area contributed by atoms with Crippen molar-refractivity contribution in [2.45, 2.75) is 39.4 Å². The van der Waals surface area contributed by atoms with Crippen LogP contribution in [0, 0.1) is 19.8 Å². The predicted octanol–water partition coefficient (Wildman–Crippen LogP) is 3.12. The number of rotatable bonds is 4. The number of hydrogen-bond acceptors (Lipinski definition) is 3. The van der Waals surface area contributed by atoms with Crippen LogP contribution in [-0.4, -0.2) is 28.8 Å². The number of halogens is 3. The fourth-order valence-corrected chi connectivity index (χ4v) is 3.41. The third kappa shape index (κ3) is 4.50. The van der Waals surface area contributed by atoms with Gasteiger partial charge in [0, 0.05) is 18.8 Å². The minimum atomic E-state index is -4.52. The number of nitrogens with zero attached hydrogens (tertiary/aromatic N) is 2. The predicted molar refractivity (Wildman–Crippen MR) is 95.5 cm³/mol. The van der Waals surface area contributed by atoms with Crippen LogP contribution in [0.1, 0.15) is 35.4 Å². The van der Waals surface area contributed by atoms with Crippen molar-refractivity contribution in [1.82, 2.24) is 20.4 Å². The van der Waals surface area contributed by atoms with Crippen LogP contribution in [0.15, 0.2) is 24.3 Å². The van der Waals surface area contributed by atoms with E-state index in [2.05, 4.69) is 15.7 Å². The van der Waals surface area contributed by atoms with Gasteiger partial charge in [0.2, 0.25) is 5.91 Å². The Bertz CT molecular complexity index is 823. The van der Waals surface area contributed by atoms with Gasteiger partial charge in [0.15, 0.2) is 0 Å². The van der Waals surface area contributed by atoms with E-state index in [9.17, 15) is 18.0 Å². The SMILES string of the molecule is Cc1cc(C)n(-c2ccc(CNC(=O)C3CCCNC3)c(C(F)(F)F)c2)n1. The summed E-state index contributed by atoms with van der Waals surface area (Å²) in [6.07, 6.45) is -2.87. The van der Waals surface area contributed by atoms with E-state index in [1.807, 2.05) is 0 Å². The number of aromatic nitrogens is 2. The Morgan fingerprint density at radius 3 is 2.70 bits per heavy atom. The first-order valence-corrected chi connectivity index (χ1v) is 8.98. The molecule has 0 radical (unpaired) electrons. The molecule has 1 saturated heterocycles. The fourth-order valence-electron chi connectivity index (χ4n) is 3.41. The Balaban J connectivity index is 1.82. The summed E-state index contributed by atoms with van der Waals surface area (Å²) in [5.74, 6) is -0.403. The van der Waals surface area contributed by atoms with Gasteiger partial charge >= 0.3 is 6.18 Å². The van der Waals surface area contributed by atoms with Crippen molar-refractivity contribution in [3.05, 3.63) is 46.8 Å². The van der Waals surface area contributed by atoms with Crippen LogP contribution < -0.4 is 10.6 Å². The molecule has 5 nitrogen and oxygen atoms in total. The molecule has 2 N–H and O–H groups in total. The zero-order valence-corrected chi connectivity index (χ0v) is 15.4. The fraction of sp³-hybridized carbons (Fsp3) is 0.474. The monoisotopic (exact) mass is 380 g/mol. The van der Waals surface area contributed by atoms with Gasteiger partial charge in [-0.05, 0) is 57.0 Å². The van der Waals surface area contributed by atoms with Crippen molar-refractivity contribution in [1.29, 1.82) is 0 Å². The molecule has 1 aliphatic heterocycles. The standard InChI is InChI=1S/C19H23F3N4O/c1-12-8-13(2)26(25-12)16-6-5-14(17(9-16)19(20,21)22)11-24-18(27)15-4-3-7-23-10-15/h5-6,8-9,15,23H,3-4,7,10-11H2,1-2H3,(H,24,27). The molecule has 0 aliphatic carbocycles. The quantitative estimate of drug-likeness (QED) is 0.857. The maximum absolute atomic E-state index is 13.6. The number of alkyl halides is 3. The summed E-state index contributed by atoms with van der Waals surface area (Å²) < 4.78 is 42.2. The Kier molecular flexibility index (Phi) is 5.55. The lowest BCUT2D eigenvalue weighted by atomic mass is 9.98. The van der Waals surface area contributed by atoms with Gasteiger partial charge < -0.3 is 10.6 Å². The lowest BCUT2D eigenvalue weighted by Crippen LogP contribution is -2.40. The zero-order valence-electron chi connectivity index (χ0n) is 15.4. The molecule has 8 heteroatoms. The Hall–Kier alpha value is -2.35. The number of amides is 1. The number of carbonyl (C=O) groups is 1. The smallest absolute Gasteiger partial charge is 0.352 e. The van der Waals surface area contributed by atoms with Crippen LogP contribution in [0.4, 0.5) is 13.2 Å². The van der Waals surface area contributed by atoms with Gasteiger partial charge in [-0.2, -0.15) is 18.3 Å². The number of benzene rings is 1. The van der Waals surface area contributed by atoms with Crippen molar-refractivity contribution in [2.24, 2.45) is 5.92 Å². The molecule has 2 aromatic rings. The van der Waals surface area contributed by atoms with Gasteiger partial charge in [-0.25, -0.2) is 4.68 Å². The van der Waals surface area contributed by atoms with Crippen molar-refractivity contribution in [3.8, 4) is 5.69 Å². The first-order valence-electron chi connectivity index (χ1n) is 8.98. The molecule has 3 rings (SSSR count). The number of piperidine rings is 1. The Labute approximate surface area is 155 Å². The molecule has 1 aromatic carbocycles. The van der Waals surface area contributed by atoms with Crippen molar-refractivity contribution in [2.75, 3.05) is 13.1 Å². The average molecular weight is 380 g/mol. The van der Waals surface area contributed by atoms with Gasteiger partial charge in [0.1, 0.15) is 0 Å². The molecule has 1 amide bonds. The minimum absolute atomic E-state index is 0.0462. The molecule has 1 aliphatic rings. The molecule has 2 heterocycles. The summed E-state index contributed by atoms with van der Waals surface area (Å²) in [4.78, 5) is 12.2. The van der Waals surface area contributed by atoms with Crippen molar-refractivity contribution < 1.29 is 18.0 Å². The molecule has 0 spiro atoms. The normalized spacial score (nSPS) is 17.7. The highest BCUT2D eigenvalue weighted by molar-refractivity contribution is 5.79. The minimum Gasteiger partial charge on any atom is -0.352 e. The number of hydrogen-bond donors (Lipinski definition) is 2. The number of carbonyl (C=O) groups excluding carboxylic acids is 1. The van der Waals surface area contributed by atoms with E-state index >= 15 is 0 Å². The molecule has 146 valence electrons. The first-order chi connectivity index (χ1) is 12.8. The molecule has 1 unspecified atom stereocenters. The molecule has 27 heavy (non-hydrogen) atoms. The number of nitrogens with one attached hydrogen (secondary N) is 2. The molecule has 1 aromatic heterocycles. The molecular weight excluding hydrogens is 357 g/mol. The molecule has 1 fully saturated rings. The Morgan fingerprint density at radius 2 is 2.11 bits per heavy atom. The van der Waals surface area contributed by atoms with E-state index in [0.717, 1.165) is 36.8 Å². The van der Waals surface area contributed by atoms with Crippen molar-refractivity contribution >= 4 is 5.91 Å². The lowest BCUT2D eigenvalue weighted by molar-refractivity contribution is -0.138. The second-order valence-electron chi connectivity index (χ2n) is 6.94. The van der Waals surface area contributed by atoms with Gasteiger partial charge in [-0.3, -0.25) is 4.79 Å². The maximum atomic E-state index is 13.6. The van der Waals surface area contributed by atoms with Crippen LogP contribution in [0.2, 0.25) is 0 Å². The van der Waals surface area contributed by atoms with E-state index in [1.165, 1.54) is 10.7 Å². The number of aryl methyl sites for hydroxylation is 2. The van der Waals surface area contributed by atoms with Gasteiger partial charge in [-0.15, -0.1) is 0 Å². The van der Waals surface area contributed by atoms with Gasteiger partial charge in [-0.1, -0.05) is 6.07 Å². The summed E-state index contributed by atoms with van der Waals surface area (Å²) in [5, 5.41) is 10.0. The van der Waals surface area contributed by atoms with Crippen LogP contribution in [-0.2, 0) is 17.5 Å². The largest absolute Gasteiger partial charge is 0.416 e. The third-order valence-corrected chi connectivity index (χ3v) is 4.77. The molecule has 0 saturated carbocycles. The summed E-state index contributed by atoms with van der Waals surface area (Å²) in [5.41, 5.74) is 1.13. The van der Waals surface area contributed by atoms with E-state index in [-0.39, 0.29) is 23.9 Å². The van der Waals surface area contributed by atoms with Crippen LogP contribution in [0.3, 0.4) is 0 Å². The van der Waals surface area contributed by atoms with E-state index in [1.54, 1.807) is 26.0 Å². The van der Waals surface area contributed by atoms with E-state index in [4.69, 9.17) is 0 Å². The highest BCUT2D eigenvalue weighted by Crippen LogP contribution is 2.33. The van der Waals surface area contributed by atoms with E-state index < -0.39 is 11.7 Å². The third-order valence-electron chi connectivity index (χ3n) is 4.77. The molecule has 1 atom stereocenters. The summed E-state index contributed by atoms with van der Waals surface area (Å²) >= 11 is 0. The van der Waals surface area contributed by atoms with Crippen molar-refractivity contribution in [3.63, 3.8) is 0 Å². The van der Waals surface area contributed by atoms with E-state index in [0.29, 0.717) is 12.2 Å². The zero-order chi connectivity index (χ0) is 19.6. The highest BCUT2D eigenvalue weighted by atomic mass is 19.4. The average Bonchev–Trinajstić information content (AvgIpc) is 2.97. The van der Waals surface area contributed by atoms with Crippen LogP contribution in [0.5, 0.6) is 0 Å². The summed E-state index contributed by atoms with van der Waals surface area (Å²) in [6, 6.07) is 5.90. The summed E-state index contributed by atoms with van der Waals surface area (Å²) in [6.45, 7) is 4.87. The Morgan fingerprint density at radius 1 is 1.33 bits per heavy atom. The highest BCUT2D eigenvalue weighted by Gasteiger charge is 2.34. The van der Waals surface area contributed by atoms with Gasteiger partial charge in [0.05, 0.1) is 22.9 Å². The lowest BCUT2D eigenvalue weighted by Gasteiger charge is -2.22. The topological polar surface area (TPSA) is 59.0 Å². The second kappa shape index (κ2) is 7.72. The maximum Gasteiger partial charge on any atom is 0.416 e. The van der Waals surface area contributed by atoms with Crippen LogP contribution >= 0.6 is 0 Å². The molecule has 0 bridgehead atoms.